The molecule has 0 radical (unpaired) electrons. The number of piperidine rings is 1. The first kappa shape index (κ1) is 15.0. The molecule has 0 bridgehead atoms. The molecule has 4 rings (SSSR count). The summed E-state index contributed by atoms with van der Waals surface area (Å²) in [5.41, 5.74) is 4.21. The molecule has 1 fully saturated rings. The number of hydrogen-bond donors (Lipinski definition) is 0. The Labute approximate surface area is 143 Å². The van der Waals surface area contributed by atoms with Crippen molar-refractivity contribution in [1.82, 2.24) is 4.90 Å². The molecule has 2 nitrogen and oxygen atoms in total. The molecule has 23 heavy (non-hydrogen) atoms. The lowest BCUT2D eigenvalue weighted by atomic mass is 9.80. The first-order chi connectivity index (χ1) is 11.2. The van der Waals surface area contributed by atoms with Gasteiger partial charge in [-0.25, -0.2) is 0 Å². The second kappa shape index (κ2) is 5.85. The van der Waals surface area contributed by atoms with Crippen molar-refractivity contribution in [1.29, 1.82) is 0 Å². The Hall–Kier alpha value is -1.51. The molecule has 1 aliphatic heterocycles. The Morgan fingerprint density at radius 2 is 2.00 bits per heavy atom. The molecule has 3 atom stereocenters. The standard InChI is InChI=1S/C20H22ClNO/c1-22-10-4-7-17-19(13-5-3-6-15(11-13)23-2)16-9-8-14(21)12-18(16)20(17)22/h3,5-6,8-9,11-12,17,19-20H,4,7,10H2,1-2H3. The van der Waals surface area contributed by atoms with Crippen LogP contribution in [0.4, 0.5) is 0 Å². The van der Waals surface area contributed by atoms with Crippen molar-refractivity contribution in [2.24, 2.45) is 5.92 Å². The van der Waals surface area contributed by atoms with Gasteiger partial charge in [-0.3, -0.25) is 4.90 Å². The van der Waals surface area contributed by atoms with E-state index in [1.807, 2.05) is 12.1 Å². The van der Waals surface area contributed by atoms with Gasteiger partial charge < -0.3 is 4.74 Å². The van der Waals surface area contributed by atoms with Crippen molar-refractivity contribution in [3.8, 4) is 5.75 Å². The highest BCUT2D eigenvalue weighted by molar-refractivity contribution is 6.30. The zero-order valence-corrected chi connectivity index (χ0v) is 14.4. The van der Waals surface area contributed by atoms with E-state index in [0.717, 1.165) is 17.3 Å². The van der Waals surface area contributed by atoms with Gasteiger partial charge in [0.25, 0.3) is 0 Å². The van der Waals surface area contributed by atoms with E-state index in [0.29, 0.717) is 17.9 Å². The third-order valence-corrected chi connectivity index (χ3v) is 5.75. The van der Waals surface area contributed by atoms with Crippen LogP contribution in [0.3, 0.4) is 0 Å². The number of rotatable bonds is 2. The molecule has 120 valence electrons. The topological polar surface area (TPSA) is 12.5 Å². The predicted molar refractivity (Wildman–Crippen MR) is 94.4 cm³/mol. The van der Waals surface area contributed by atoms with Crippen LogP contribution in [-0.2, 0) is 0 Å². The molecule has 1 aliphatic carbocycles. The molecule has 3 heteroatoms. The summed E-state index contributed by atoms with van der Waals surface area (Å²) in [6.07, 6.45) is 2.53. The molecule has 1 saturated heterocycles. The van der Waals surface area contributed by atoms with Gasteiger partial charge in [0.2, 0.25) is 0 Å². The van der Waals surface area contributed by atoms with Crippen LogP contribution in [0.15, 0.2) is 42.5 Å². The van der Waals surface area contributed by atoms with Gasteiger partial charge in [0.1, 0.15) is 5.75 Å². The van der Waals surface area contributed by atoms with E-state index in [-0.39, 0.29) is 0 Å². The van der Waals surface area contributed by atoms with Crippen LogP contribution in [0.25, 0.3) is 0 Å². The number of halogens is 1. The Balaban J connectivity index is 1.85. The lowest BCUT2D eigenvalue weighted by Gasteiger charge is -2.37. The highest BCUT2D eigenvalue weighted by Crippen LogP contribution is 2.54. The van der Waals surface area contributed by atoms with Gasteiger partial charge >= 0.3 is 0 Å². The van der Waals surface area contributed by atoms with Crippen LogP contribution in [0.2, 0.25) is 5.02 Å². The maximum Gasteiger partial charge on any atom is 0.119 e. The SMILES string of the molecule is COc1cccc(C2c3ccc(Cl)cc3C3C2CCCN3C)c1. The van der Waals surface area contributed by atoms with Crippen LogP contribution in [-0.4, -0.2) is 25.6 Å². The molecule has 0 aromatic heterocycles. The molecular formula is C20H22ClNO. The minimum absolute atomic E-state index is 0.435. The monoisotopic (exact) mass is 327 g/mol. The second-order valence-corrected chi connectivity index (χ2v) is 7.20. The lowest BCUT2D eigenvalue weighted by Crippen LogP contribution is -2.34. The molecule has 0 N–H and O–H groups in total. The molecule has 0 amide bonds. The molecular weight excluding hydrogens is 306 g/mol. The zero-order chi connectivity index (χ0) is 16.0. The summed E-state index contributed by atoms with van der Waals surface area (Å²) in [5.74, 6) is 1.99. The van der Waals surface area contributed by atoms with Crippen LogP contribution in [0, 0.1) is 5.92 Å². The maximum absolute atomic E-state index is 6.31. The van der Waals surface area contributed by atoms with Gasteiger partial charge in [-0.05, 0) is 73.3 Å². The van der Waals surface area contributed by atoms with Crippen LogP contribution in [0.1, 0.15) is 41.5 Å². The Morgan fingerprint density at radius 3 is 2.83 bits per heavy atom. The van der Waals surface area contributed by atoms with Crippen molar-refractivity contribution >= 4 is 11.6 Å². The lowest BCUT2D eigenvalue weighted by molar-refractivity contribution is 0.127. The number of nitrogens with zero attached hydrogens (tertiary/aromatic N) is 1. The largest absolute Gasteiger partial charge is 0.497 e. The van der Waals surface area contributed by atoms with E-state index in [2.05, 4.69) is 42.3 Å². The van der Waals surface area contributed by atoms with Crippen LogP contribution < -0.4 is 4.74 Å². The first-order valence-electron chi connectivity index (χ1n) is 8.32. The van der Waals surface area contributed by atoms with Crippen molar-refractivity contribution in [2.45, 2.75) is 24.8 Å². The molecule has 0 spiro atoms. The van der Waals surface area contributed by atoms with E-state index in [1.54, 1.807) is 7.11 Å². The number of hydrogen-bond acceptors (Lipinski definition) is 2. The second-order valence-electron chi connectivity index (χ2n) is 6.76. The first-order valence-corrected chi connectivity index (χ1v) is 8.70. The van der Waals surface area contributed by atoms with E-state index >= 15 is 0 Å². The summed E-state index contributed by atoms with van der Waals surface area (Å²) in [6.45, 7) is 1.16. The summed E-state index contributed by atoms with van der Waals surface area (Å²) < 4.78 is 5.45. The van der Waals surface area contributed by atoms with Gasteiger partial charge in [0, 0.05) is 17.0 Å². The smallest absolute Gasteiger partial charge is 0.119 e. The maximum atomic E-state index is 6.31. The normalized spacial score (nSPS) is 26.7. The zero-order valence-electron chi connectivity index (χ0n) is 13.6. The minimum Gasteiger partial charge on any atom is -0.497 e. The summed E-state index contributed by atoms with van der Waals surface area (Å²) in [7, 11) is 3.98. The summed E-state index contributed by atoms with van der Waals surface area (Å²) in [5, 5.41) is 0.841. The highest BCUT2D eigenvalue weighted by Gasteiger charge is 2.44. The molecule has 0 saturated carbocycles. The third kappa shape index (κ3) is 2.45. The molecule has 3 unspecified atom stereocenters. The molecule has 1 heterocycles. The van der Waals surface area contributed by atoms with Gasteiger partial charge in [-0.1, -0.05) is 29.8 Å². The van der Waals surface area contributed by atoms with Gasteiger partial charge in [0.05, 0.1) is 7.11 Å². The van der Waals surface area contributed by atoms with Crippen LogP contribution in [0.5, 0.6) is 5.75 Å². The van der Waals surface area contributed by atoms with Gasteiger partial charge in [0.15, 0.2) is 0 Å². The number of ether oxygens (including phenoxy) is 1. The van der Waals surface area contributed by atoms with E-state index in [1.165, 1.54) is 29.5 Å². The molecule has 2 aliphatic rings. The average Bonchev–Trinajstić information content (AvgIpc) is 2.89. The van der Waals surface area contributed by atoms with Crippen molar-refractivity contribution in [3.05, 3.63) is 64.2 Å². The van der Waals surface area contributed by atoms with Crippen molar-refractivity contribution in [3.63, 3.8) is 0 Å². The minimum atomic E-state index is 0.435. The number of likely N-dealkylation sites (tertiary alicyclic amines) is 1. The van der Waals surface area contributed by atoms with Gasteiger partial charge in [-0.2, -0.15) is 0 Å². The third-order valence-electron chi connectivity index (χ3n) is 5.51. The number of methoxy groups -OCH3 is 1. The van der Waals surface area contributed by atoms with Gasteiger partial charge in [-0.15, -0.1) is 0 Å². The number of fused-ring (bicyclic) bond motifs is 3. The van der Waals surface area contributed by atoms with E-state index in [4.69, 9.17) is 16.3 Å². The summed E-state index contributed by atoms with van der Waals surface area (Å²) >= 11 is 6.31. The van der Waals surface area contributed by atoms with E-state index < -0.39 is 0 Å². The predicted octanol–water partition coefficient (Wildman–Crippen LogP) is 4.88. The number of benzene rings is 2. The Kier molecular flexibility index (Phi) is 3.82. The summed E-state index contributed by atoms with van der Waals surface area (Å²) in [4.78, 5) is 2.50. The average molecular weight is 328 g/mol. The van der Waals surface area contributed by atoms with Crippen molar-refractivity contribution < 1.29 is 4.74 Å². The fraction of sp³-hybridized carbons (Fsp3) is 0.400. The molecule has 2 aromatic rings. The van der Waals surface area contributed by atoms with Crippen molar-refractivity contribution in [2.75, 3.05) is 20.7 Å². The quantitative estimate of drug-likeness (QED) is 0.779. The summed E-state index contributed by atoms with van der Waals surface area (Å²) in [6, 6.07) is 15.5. The fourth-order valence-electron chi connectivity index (χ4n) is 4.59. The molecule has 2 aromatic carbocycles. The Bertz CT molecular complexity index is 729. The van der Waals surface area contributed by atoms with E-state index in [9.17, 15) is 0 Å². The Morgan fingerprint density at radius 1 is 1.13 bits per heavy atom. The fourth-order valence-corrected chi connectivity index (χ4v) is 4.78. The van der Waals surface area contributed by atoms with Crippen LogP contribution >= 0.6 is 11.6 Å². The highest BCUT2D eigenvalue weighted by atomic mass is 35.5.